The molecule has 1 aromatic rings. The lowest BCUT2D eigenvalue weighted by Crippen LogP contribution is -2.15. The molecule has 0 spiro atoms. The molecule has 78 valence electrons. The summed E-state index contributed by atoms with van der Waals surface area (Å²) in [6, 6.07) is 0. The van der Waals surface area contributed by atoms with Gasteiger partial charge >= 0.3 is 0 Å². The van der Waals surface area contributed by atoms with Crippen molar-refractivity contribution in [3.05, 3.63) is 5.01 Å². The molecule has 0 radical (unpaired) electrons. The number of ether oxygens (including phenoxy) is 1. The van der Waals surface area contributed by atoms with E-state index in [4.69, 9.17) is 10.5 Å². The highest BCUT2D eigenvalue weighted by Crippen LogP contribution is 2.15. The number of amides is 1. The molecule has 0 saturated carbocycles. The number of anilines is 1. The number of nitrogens with zero attached hydrogens (tertiary/aromatic N) is 2. The van der Waals surface area contributed by atoms with Crippen LogP contribution < -0.4 is 11.1 Å². The molecule has 7 heteroatoms. The number of carbonyl (C=O) groups excluding carboxylic acids is 1. The molecule has 1 aromatic heterocycles. The van der Waals surface area contributed by atoms with Gasteiger partial charge in [0.25, 0.3) is 0 Å². The highest BCUT2D eigenvalue weighted by Gasteiger charge is 2.06. The predicted octanol–water partition coefficient (Wildman–Crippen LogP) is -0.0282. The van der Waals surface area contributed by atoms with Gasteiger partial charge < -0.3 is 15.8 Å². The molecule has 0 aliphatic rings. The van der Waals surface area contributed by atoms with E-state index < -0.39 is 0 Å². The summed E-state index contributed by atoms with van der Waals surface area (Å²) in [6.07, 6.45) is 0.291. The molecular formula is C7H12N4O2S. The Labute approximate surface area is 85.5 Å². The van der Waals surface area contributed by atoms with E-state index in [0.717, 1.165) is 5.01 Å². The largest absolute Gasteiger partial charge is 0.377 e. The zero-order valence-electron chi connectivity index (χ0n) is 7.82. The molecule has 0 atom stereocenters. The Morgan fingerprint density at radius 2 is 2.43 bits per heavy atom. The van der Waals surface area contributed by atoms with Crippen molar-refractivity contribution in [3.63, 3.8) is 0 Å². The molecular weight excluding hydrogens is 204 g/mol. The van der Waals surface area contributed by atoms with Crippen molar-refractivity contribution in [2.75, 3.05) is 19.0 Å². The number of aromatic nitrogens is 2. The third kappa shape index (κ3) is 3.36. The van der Waals surface area contributed by atoms with Crippen LogP contribution in [0, 0.1) is 0 Å². The summed E-state index contributed by atoms with van der Waals surface area (Å²) >= 11 is 1.29. The fourth-order valence-electron chi connectivity index (χ4n) is 0.799. The maximum Gasteiger partial charge on any atom is 0.227 e. The average molecular weight is 216 g/mol. The number of nitrogens with two attached hydrogens (primary N) is 1. The van der Waals surface area contributed by atoms with Crippen molar-refractivity contribution < 1.29 is 9.53 Å². The number of hydrogen-bond acceptors (Lipinski definition) is 6. The first kappa shape index (κ1) is 11.0. The van der Waals surface area contributed by atoms with Gasteiger partial charge in [-0.05, 0) is 0 Å². The second kappa shape index (κ2) is 5.63. The zero-order valence-corrected chi connectivity index (χ0v) is 8.63. The normalized spacial score (nSPS) is 10.1. The van der Waals surface area contributed by atoms with Crippen LogP contribution in [0.1, 0.15) is 11.4 Å². The van der Waals surface area contributed by atoms with Crippen LogP contribution in [0.4, 0.5) is 5.13 Å². The first-order valence-corrected chi connectivity index (χ1v) is 4.89. The summed E-state index contributed by atoms with van der Waals surface area (Å²) in [5.74, 6) is -0.146. The molecule has 0 unspecified atom stereocenters. The number of carbonyl (C=O) groups is 1. The smallest absolute Gasteiger partial charge is 0.227 e. The first-order chi connectivity index (χ1) is 6.76. The molecule has 1 amide bonds. The maximum atomic E-state index is 11.1. The second-order valence-corrected chi connectivity index (χ2v) is 3.58. The summed E-state index contributed by atoms with van der Waals surface area (Å²) < 4.78 is 4.87. The Bertz CT molecular complexity index is 302. The van der Waals surface area contributed by atoms with E-state index in [9.17, 15) is 4.79 Å². The van der Waals surface area contributed by atoms with Gasteiger partial charge in [0.05, 0.1) is 0 Å². The Morgan fingerprint density at radius 1 is 1.64 bits per heavy atom. The van der Waals surface area contributed by atoms with Crippen LogP contribution in [0.25, 0.3) is 0 Å². The van der Waals surface area contributed by atoms with Crippen molar-refractivity contribution in [1.82, 2.24) is 10.2 Å². The summed E-state index contributed by atoms with van der Waals surface area (Å²) in [7, 11) is 1.58. The fourth-order valence-corrected chi connectivity index (χ4v) is 1.53. The van der Waals surface area contributed by atoms with Gasteiger partial charge in [0.2, 0.25) is 11.0 Å². The van der Waals surface area contributed by atoms with Crippen LogP contribution >= 0.6 is 11.3 Å². The molecule has 1 rings (SSSR count). The van der Waals surface area contributed by atoms with Crippen LogP contribution in [-0.4, -0.2) is 29.8 Å². The molecule has 0 fully saturated rings. The quantitative estimate of drug-likeness (QED) is 0.721. The van der Waals surface area contributed by atoms with E-state index in [2.05, 4.69) is 15.5 Å². The van der Waals surface area contributed by atoms with Crippen molar-refractivity contribution in [2.24, 2.45) is 5.73 Å². The minimum atomic E-state index is -0.146. The van der Waals surface area contributed by atoms with Crippen molar-refractivity contribution in [1.29, 1.82) is 0 Å². The Balaban J connectivity index is 2.46. The summed E-state index contributed by atoms with van der Waals surface area (Å²) in [6.45, 7) is 0.736. The van der Waals surface area contributed by atoms with Gasteiger partial charge in [-0.3, -0.25) is 4.79 Å². The molecule has 0 bridgehead atoms. The van der Waals surface area contributed by atoms with Gasteiger partial charge in [0.15, 0.2) is 0 Å². The van der Waals surface area contributed by atoms with E-state index in [1.165, 1.54) is 11.3 Å². The predicted molar refractivity (Wildman–Crippen MR) is 52.9 cm³/mol. The lowest BCUT2D eigenvalue weighted by atomic mass is 10.4. The average Bonchev–Trinajstić information content (AvgIpc) is 2.53. The van der Waals surface area contributed by atoms with Gasteiger partial charge in [-0.15, -0.1) is 10.2 Å². The summed E-state index contributed by atoms with van der Waals surface area (Å²) in [5, 5.41) is 11.4. The molecule has 3 N–H and O–H groups in total. The molecule has 0 aromatic carbocycles. The monoisotopic (exact) mass is 216 g/mol. The van der Waals surface area contributed by atoms with Gasteiger partial charge in [0, 0.05) is 20.1 Å². The number of hydrogen-bond donors (Lipinski definition) is 2. The van der Waals surface area contributed by atoms with E-state index in [1.54, 1.807) is 7.11 Å². The van der Waals surface area contributed by atoms with E-state index in [0.29, 0.717) is 24.7 Å². The Morgan fingerprint density at radius 3 is 3.07 bits per heavy atom. The molecule has 1 heterocycles. The summed E-state index contributed by atoms with van der Waals surface area (Å²) in [4.78, 5) is 11.1. The van der Waals surface area contributed by atoms with Gasteiger partial charge in [-0.2, -0.15) is 0 Å². The standard InChI is InChI=1S/C7H12N4O2S/c1-13-4-6-10-11-7(14-6)9-5(12)2-3-8/h2-4,8H2,1H3,(H,9,11,12). The molecule has 0 aliphatic heterocycles. The zero-order chi connectivity index (χ0) is 10.4. The van der Waals surface area contributed by atoms with Crippen LogP contribution in [-0.2, 0) is 16.1 Å². The third-order valence-electron chi connectivity index (χ3n) is 1.35. The number of nitrogens with one attached hydrogen (secondary N) is 1. The molecule has 14 heavy (non-hydrogen) atoms. The second-order valence-electron chi connectivity index (χ2n) is 2.52. The van der Waals surface area contributed by atoms with Crippen LogP contribution in [0.15, 0.2) is 0 Å². The van der Waals surface area contributed by atoms with Crippen molar-refractivity contribution in [2.45, 2.75) is 13.0 Å². The van der Waals surface area contributed by atoms with Crippen molar-refractivity contribution >= 4 is 22.4 Å². The highest BCUT2D eigenvalue weighted by molar-refractivity contribution is 7.15. The topological polar surface area (TPSA) is 90.1 Å². The summed E-state index contributed by atoms with van der Waals surface area (Å²) in [5.41, 5.74) is 5.22. The highest BCUT2D eigenvalue weighted by atomic mass is 32.1. The van der Waals surface area contributed by atoms with Crippen LogP contribution in [0.2, 0.25) is 0 Å². The van der Waals surface area contributed by atoms with Crippen LogP contribution in [0.5, 0.6) is 0 Å². The fraction of sp³-hybridized carbons (Fsp3) is 0.571. The van der Waals surface area contributed by atoms with Crippen molar-refractivity contribution in [3.8, 4) is 0 Å². The van der Waals surface area contributed by atoms with Gasteiger partial charge in [-0.1, -0.05) is 11.3 Å². The van der Waals surface area contributed by atoms with E-state index in [1.807, 2.05) is 0 Å². The van der Waals surface area contributed by atoms with E-state index >= 15 is 0 Å². The Hall–Kier alpha value is -1.05. The van der Waals surface area contributed by atoms with Gasteiger partial charge in [0.1, 0.15) is 11.6 Å². The molecule has 0 aliphatic carbocycles. The maximum absolute atomic E-state index is 11.1. The van der Waals surface area contributed by atoms with Gasteiger partial charge in [-0.25, -0.2) is 0 Å². The first-order valence-electron chi connectivity index (χ1n) is 4.07. The Kier molecular flexibility index (Phi) is 4.44. The minimum absolute atomic E-state index is 0.146. The number of methoxy groups -OCH3 is 1. The minimum Gasteiger partial charge on any atom is -0.377 e. The lowest BCUT2D eigenvalue weighted by molar-refractivity contribution is -0.116. The SMILES string of the molecule is COCc1nnc(NC(=O)CCN)s1. The molecule has 0 saturated heterocycles. The third-order valence-corrected chi connectivity index (χ3v) is 2.16. The molecule has 6 nitrogen and oxygen atoms in total. The number of rotatable bonds is 5. The van der Waals surface area contributed by atoms with E-state index in [-0.39, 0.29) is 5.91 Å². The van der Waals surface area contributed by atoms with Crippen LogP contribution in [0.3, 0.4) is 0 Å². The lowest BCUT2D eigenvalue weighted by Gasteiger charge is -1.96.